The van der Waals surface area contributed by atoms with Gasteiger partial charge in [0, 0.05) is 17.8 Å². The zero-order valence-electron chi connectivity index (χ0n) is 11.6. The van der Waals surface area contributed by atoms with Crippen molar-refractivity contribution < 1.29 is 9.53 Å². The summed E-state index contributed by atoms with van der Waals surface area (Å²) in [6.07, 6.45) is 2.44. The first-order chi connectivity index (χ1) is 9.78. The van der Waals surface area contributed by atoms with Crippen molar-refractivity contribution in [3.63, 3.8) is 0 Å². The highest BCUT2D eigenvalue weighted by Crippen LogP contribution is 2.13. The summed E-state index contributed by atoms with van der Waals surface area (Å²) in [6.45, 7) is 0.551. The lowest BCUT2D eigenvalue weighted by Gasteiger charge is -2.06. The van der Waals surface area contributed by atoms with Crippen LogP contribution in [0.2, 0.25) is 0 Å². The van der Waals surface area contributed by atoms with Crippen LogP contribution in [0.1, 0.15) is 23.3 Å². The average molecular weight is 289 g/mol. The maximum atomic E-state index is 11.8. The lowest BCUT2D eigenvalue weighted by atomic mass is 10.2. The van der Waals surface area contributed by atoms with Crippen LogP contribution < -0.4 is 10.1 Å². The molecule has 0 unspecified atom stereocenters. The molecule has 1 aromatic carbocycles. The van der Waals surface area contributed by atoms with E-state index in [4.69, 9.17) is 4.74 Å². The molecule has 0 atom stereocenters. The van der Waals surface area contributed by atoms with Crippen molar-refractivity contribution in [2.75, 3.05) is 7.11 Å². The van der Waals surface area contributed by atoms with E-state index in [1.807, 2.05) is 30.3 Å². The standard InChI is InChI=1S/C16H19NO2S/c1-19-14-6-2-5-13(11-14)12-17-16(18)9-3-7-15-8-4-10-20-15/h2,4-6,8,10-11H,3,7,9,12H2,1H3,(H,17,18). The molecule has 2 aromatic rings. The van der Waals surface area contributed by atoms with Gasteiger partial charge in [-0.1, -0.05) is 18.2 Å². The van der Waals surface area contributed by atoms with Crippen LogP contribution in [0.4, 0.5) is 0 Å². The zero-order chi connectivity index (χ0) is 14.2. The van der Waals surface area contributed by atoms with E-state index in [0.29, 0.717) is 13.0 Å². The molecule has 1 heterocycles. The number of nitrogens with one attached hydrogen (secondary N) is 1. The monoisotopic (exact) mass is 289 g/mol. The van der Waals surface area contributed by atoms with Gasteiger partial charge in [-0.15, -0.1) is 11.3 Å². The summed E-state index contributed by atoms with van der Waals surface area (Å²) in [5.74, 6) is 0.916. The van der Waals surface area contributed by atoms with Gasteiger partial charge in [-0.3, -0.25) is 4.79 Å². The third-order valence-corrected chi connectivity index (χ3v) is 3.97. The van der Waals surface area contributed by atoms with Gasteiger partial charge in [0.05, 0.1) is 7.11 Å². The molecule has 0 saturated heterocycles. The molecular weight excluding hydrogens is 270 g/mol. The van der Waals surface area contributed by atoms with Crippen LogP contribution in [0.25, 0.3) is 0 Å². The Balaban J connectivity index is 1.69. The van der Waals surface area contributed by atoms with Crippen molar-refractivity contribution in [1.29, 1.82) is 0 Å². The van der Waals surface area contributed by atoms with Crippen molar-refractivity contribution in [2.45, 2.75) is 25.8 Å². The number of amides is 1. The number of hydrogen-bond donors (Lipinski definition) is 1. The SMILES string of the molecule is COc1cccc(CNC(=O)CCCc2cccs2)c1. The van der Waals surface area contributed by atoms with Crippen molar-refractivity contribution in [3.8, 4) is 5.75 Å². The van der Waals surface area contributed by atoms with Gasteiger partial charge in [-0.25, -0.2) is 0 Å². The second kappa shape index (κ2) is 7.70. The number of methoxy groups -OCH3 is 1. The first-order valence-corrected chi connectivity index (χ1v) is 7.58. The Morgan fingerprint density at radius 2 is 2.20 bits per heavy atom. The number of benzene rings is 1. The lowest BCUT2D eigenvalue weighted by molar-refractivity contribution is -0.121. The molecular formula is C16H19NO2S. The van der Waals surface area contributed by atoms with Crippen molar-refractivity contribution in [2.24, 2.45) is 0 Å². The van der Waals surface area contributed by atoms with Crippen LogP contribution in [0.3, 0.4) is 0 Å². The van der Waals surface area contributed by atoms with Crippen LogP contribution >= 0.6 is 11.3 Å². The fourth-order valence-corrected chi connectivity index (χ4v) is 2.70. The molecule has 0 bridgehead atoms. The molecule has 0 aliphatic heterocycles. The van der Waals surface area contributed by atoms with Crippen LogP contribution in [0.15, 0.2) is 41.8 Å². The Bertz CT molecular complexity index is 537. The van der Waals surface area contributed by atoms with E-state index in [1.165, 1.54) is 4.88 Å². The average Bonchev–Trinajstić information content (AvgIpc) is 2.98. The normalized spacial score (nSPS) is 10.2. The molecule has 3 nitrogen and oxygen atoms in total. The zero-order valence-corrected chi connectivity index (χ0v) is 12.4. The van der Waals surface area contributed by atoms with E-state index in [2.05, 4.69) is 16.8 Å². The van der Waals surface area contributed by atoms with Gasteiger partial charge in [0.15, 0.2) is 0 Å². The van der Waals surface area contributed by atoms with E-state index in [9.17, 15) is 4.79 Å². The quantitative estimate of drug-likeness (QED) is 0.848. The second-order valence-corrected chi connectivity index (χ2v) is 5.59. The van der Waals surface area contributed by atoms with Crippen LogP contribution in [0.5, 0.6) is 5.75 Å². The summed E-state index contributed by atoms with van der Waals surface area (Å²) in [7, 11) is 1.64. The van der Waals surface area contributed by atoms with Crippen LogP contribution in [-0.2, 0) is 17.8 Å². The number of carbonyl (C=O) groups excluding carboxylic acids is 1. The van der Waals surface area contributed by atoms with Gasteiger partial charge >= 0.3 is 0 Å². The summed E-state index contributed by atoms with van der Waals surface area (Å²) in [5.41, 5.74) is 1.05. The number of rotatable bonds is 7. The Hall–Kier alpha value is -1.81. The molecule has 1 N–H and O–H groups in total. The molecule has 0 aliphatic carbocycles. The number of thiophene rings is 1. The fraction of sp³-hybridized carbons (Fsp3) is 0.312. The maximum Gasteiger partial charge on any atom is 0.220 e. The smallest absolute Gasteiger partial charge is 0.220 e. The molecule has 2 rings (SSSR count). The molecule has 1 aromatic heterocycles. The fourth-order valence-electron chi connectivity index (χ4n) is 1.95. The number of ether oxygens (including phenoxy) is 1. The third-order valence-electron chi connectivity index (χ3n) is 3.03. The minimum atomic E-state index is 0.101. The summed E-state index contributed by atoms with van der Waals surface area (Å²) in [4.78, 5) is 13.1. The molecule has 0 saturated carbocycles. The van der Waals surface area contributed by atoms with Crippen LogP contribution in [-0.4, -0.2) is 13.0 Å². The number of carbonyl (C=O) groups is 1. The van der Waals surface area contributed by atoms with Gasteiger partial charge in [-0.2, -0.15) is 0 Å². The molecule has 20 heavy (non-hydrogen) atoms. The van der Waals surface area contributed by atoms with Crippen molar-refractivity contribution in [3.05, 3.63) is 52.2 Å². The van der Waals surface area contributed by atoms with Crippen molar-refractivity contribution >= 4 is 17.2 Å². The van der Waals surface area contributed by atoms with E-state index >= 15 is 0 Å². The van der Waals surface area contributed by atoms with Gasteiger partial charge in [0.1, 0.15) is 5.75 Å². The maximum absolute atomic E-state index is 11.8. The third kappa shape index (κ3) is 4.70. The highest BCUT2D eigenvalue weighted by atomic mass is 32.1. The van der Waals surface area contributed by atoms with E-state index in [0.717, 1.165) is 24.2 Å². The predicted molar refractivity (Wildman–Crippen MR) is 82.1 cm³/mol. The lowest BCUT2D eigenvalue weighted by Crippen LogP contribution is -2.22. The predicted octanol–water partition coefficient (Wildman–Crippen LogP) is 3.40. The Morgan fingerprint density at radius 3 is 2.95 bits per heavy atom. The minimum absolute atomic E-state index is 0.101. The molecule has 1 amide bonds. The topological polar surface area (TPSA) is 38.3 Å². The molecule has 0 spiro atoms. The summed E-state index contributed by atoms with van der Waals surface area (Å²) in [5, 5.41) is 5.01. The van der Waals surface area contributed by atoms with Gasteiger partial charge < -0.3 is 10.1 Å². The first kappa shape index (κ1) is 14.6. The Kier molecular flexibility index (Phi) is 5.62. The summed E-state index contributed by atoms with van der Waals surface area (Å²) in [6, 6.07) is 11.9. The van der Waals surface area contributed by atoms with Crippen molar-refractivity contribution in [1.82, 2.24) is 5.32 Å². The Labute approximate surface area is 123 Å². The van der Waals surface area contributed by atoms with E-state index in [-0.39, 0.29) is 5.91 Å². The molecule has 0 aliphatic rings. The first-order valence-electron chi connectivity index (χ1n) is 6.70. The Morgan fingerprint density at radius 1 is 1.30 bits per heavy atom. The highest BCUT2D eigenvalue weighted by molar-refractivity contribution is 7.09. The van der Waals surface area contributed by atoms with Crippen LogP contribution in [0, 0.1) is 0 Å². The summed E-state index contributed by atoms with van der Waals surface area (Å²) >= 11 is 1.74. The van der Waals surface area contributed by atoms with E-state index in [1.54, 1.807) is 18.4 Å². The molecule has 106 valence electrons. The second-order valence-electron chi connectivity index (χ2n) is 4.56. The van der Waals surface area contributed by atoms with Gasteiger partial charge in [-0.05, 0) is 42.0 Å². The minimum Gasteiger partial charge on any atom is -0.497 e. The number of hydrogen-bond acceptors (Lipinski definition) is 3. The van der Waals surface area contributed by atoms with Gasteiger partial charge in [0.25, 0.3) is 0 Å². The van der Waals surface area contributed by atoms with Gasteiger partial charge in [0.2, 0.25) is 5.91 Å². The number of aryl methyl sites for hydroxylation is 1. The summed E-state index contributed by atoms with van der Waals surface area (Å²) < 4.78 is 5.16. The van der Waals surface area contributed by atoms with E-state index < -0.39 is 0 Å². The molecule has 4 heteroatoms. The highest BCUT2D eigenvalue weighted by Gasteiger charge is 2.03. The largest absolute Gasteiger partial charge is 0.497 e. The molecule has 0 fully saturated rings. The molecule has 0 radical (unpaired) electrons.